The number of hydrogen-bond donors (Lipinski definition) is 0. The molecule has 5 aromatic rings. The van der Waals surface area contributed by atoms with E-state index in [1.54, 1.807) is 12.3 Å². The summed E-state index contributed by atoms with van der Waals surface area (Å²) in [5.41, 5.74) is 3.04. The number of esters is 1. The number of fused-ring (bicyclic) bond motifs is 3. The number of furan rings is 1. The molecular weight excluding hydrogens is 372 g/mol. The molecule has 5 rings (SSSR count). The standard InChI is InChI=1S/C22H14N2O3S/c25-21(11-14-13-28-22(24-14)18-6-3-4-10-23-18)26-15-8-9-20-17(12-15)16-5-1-2-7-19(16)27-20/h1-10,12-13H,11H2. The van der Waals surface area contributed by atoms with Crippen LogP contribution in [0.3, 0.4) is 0 Å². The average molecular weight is 386 g/mol. The molecule has 0 aliphatic heterocycles. The highest BCUT2D eigenvalue weighted by atomic mass is 32.1. The highest BCUT2D eigenvalue weighted by molar-refractivity contribution is 7.13. The minimum Gasteiger partial charge on any atom is -0.456 e. The Morgan fingerprint density at radius 3 is 2.75 bits per heavy atom. The lowest BCUT2D eigenvalue weighted by atomic mass is 10.1. The molecule has 3 heterocycles. The van der Waals surface area contributed by atoms with Crippen LogP contribution in [0.2, 0.25) is 0 Å². The molecule has 0 unspecified atom stereocenters. The molecule has 28 heavy (non-hydrogen) atoms. The fourth-order valence-corrected chi connectivity index (χ4v) is 3.87. The van der Waals surface area contributed by atoms with Gasteiger partial charge in [0.2, 0.25) is 0 Å². The van der Waals surface area contributed by atoms with Crippen LogP contribution in [0.4, 0.5) is 0 Å². The number of para-hydroxylation sites is 1. The number of aromatic nitrogens is 2. The summed E-state index contributed by atoms with van der Waals surface area (Å²) in [4.78, 5) is 21.1. The SMILES string of the molecule is O=C(Cc1csc(-c2ccccn2)n1)Oc1ccc2oc3ccccc3c2c1. The van der Waals surface area contributed by atoms with E-state index in [0.717, 1.165) is 32.6 Å². The van der Waals surface area contributed by atoms with Crippen molar-refractivity contribution in [2.45, 2.75) is 6.42 Å². The van der Waals surface area contributed by atoms with E-state index < -0.39 is 0 Å². The molecular formula is C22H14N2O3S. The summed E-state index contributed by atoms with van der Waals surface area (Å²) in [6, 6.07) is 18.8. The second-order valence-electron chi connectivity index (χ2n) is 6.27. The van der Waals surface area contributed by atoms with Crippen LogP contribution in [-0.4, -0.2) is 15.9 Å². The van der Waals surface area contributed by atoms with Gasteiger partial charge in [-0.2, -0.15) is 0 Å². The maximum absolute atomic E-state index is 12.4. The quantitative estimate of drug-likeness (QED) is 0.312. The Labute approximate surface area is 164 Å². The lowest BCUT2D eigenvalue weighted by Crippen LogP contribution is -2.11. The maximum Gasteiger partial charge on any atom is 0.317 e. The molecule has 0 aliphatic rings. The van der Waals surface area contributed by atoms with Crippen molar-refractivity contribution in [3.63, 3.8) is 0 Å². The van der Waals surface area contributed by atoms with Gasteiger partial charge in [-0.15, -0.1) is 11.3 Å². The molecule has 3 aromatic heterocycles. The van der Waals surface area contributed by atoms with Crippen molar-refractivity contribution in [3.8, 4) is 16.5 Å². The van der Waals surface area contributed by atoms with Gasteiger partial charge in [-0.05, 0) is 36.4 Å². The summed E-state index contributed by atoms with van der Waals surface area (Å²) in [7, 11) is 0. The maximum atomic E-state index is 12.4. The van der Waals surface area contributed by atoms with Crippen LogP contribution < -0.4 is 4.74 Å². The third kappa shape index (κ3) is 3.14. The number of thiazole rings is 1. The van der Waals surface area contributed by atoms with Crippen LogP contribution in [0.1, 0.15) is 5.69 Å². The first-order chi connectivity index (χ1) is 13.8. The smallest absolute Gasteiger partial charge is 0.317 e. The fraction of sp³-hybridized carbons (Fsp3) is 0.0455. The number of ether oxygens (including phenoxy) is 1. The zero-order valence-electron chi connectivity index (χ0n) is 14.7. The van der Waals surface area contributed by atoms with E-state index in [4.69, 9.17) is 9.15 Å². The van der Waals surface area contributed by atoms with Crippen molar-refractivity contribution in [1.29, 1.82) is 0 Å². The van der Waals surface area contributed by atoms with Crippen molar-refractivity contribution in [1.82, 2.24) is 9.97 Å². The summed E-state index contributed by atoms with van der Waals surface area (Å²) in [6.45, 7) is 0. The first-order valence-corrected chi connectivity index (χ1v) is 9.62. The normalized spacial score (nSPS) is 11.1. The van der Waals surface area contributed by atoms with Crippen molar-refractivity contribution in [2.24, 2.45) is 0 Å². The van der Waals surface area contributed by atoms with Crippen molar-refractivity contribution in [2.75, 3.05) is 0 Å². The number of benzene rings is 2. The van der Waals surface area contributed by atoms with Gasteiger partial charge in [0.15, 0.2) is 0 Å². The molecule has 136 valence electrons. The molecule has 6 heteroatoms. The number of hydrogen-bond acceptors (Lipinski definition) is 6. The molecule has 0 saturated carbocycles. The molecule has 0 N–H and O–H groups in total. The van der Waals surface area contributed by atoms with E-state index >= 15 is 0 Å². The van der Waals surface area contributed by atoms with Gasteiger partial charge in [-0.1, -0.05) is 24.3 Å². The van der Waals surface area contributed by atoms with Gasteiger partial charge < -0.3 is 9.15 Å². The summed E-state index contributed by atoms with van der Waals surface area (Å²) in [5, 5.41) is 4.56. The first kappa shape index (κ1) is 16.6. The van der Waals surface area contributed by atoms with Crippen molar-refractivity contribution >= 4 is 39.2 Å². The topological polar surface area (TPSA) is 65.2 Å². The van der Waals surface area contributed by atoms with Gasteiger partial charge >= 0.3 is 5.97 Å². The van der Waals surface area contributed by atoms with Crippen LogP contribution in [0.5, 0.6) is 5.75 Å². The van der Waals surface area contributed by atoms with Gasteiger partial charge in [0, 0.05) is 22.3 Å². The molecule has 0 saturated heterocycles. The predicted octanol–water partition coefficient (Wildman–Crippen LogP) is 5.25. The third-order valence-corrected chi connectivity index (χ3v) is 5.25. The number of rotatable bonds is 4. The summed E-state index contributed by atoms with van der Waals surface area (Å²) >= 11 is 1.46. The van der Waals surface area contributed by atoms with Gasteiger partial charge in [0.25, 0.3) is 0 Å². The Hall–Kier alpha value is -3.51. The van der Waals surface area contributed by atoms with Crippen molar-refractivity contribution in [3.05, 3.63) is 77.9 Å². The van der Waals surface area contributed by atoms with E-state index in [-0.39, 0.29) is 12.4 Å². The highest BCUT2D eigenvalue weighted by Gasteiger charge is 2.13. The molecule has 5 nitrogen and oxygen atoms in total. The highest BCUT2D eigenvalue weighted by Crippen LogP contribution is 2.31. The Bertz CT molecular complexity index is 1290. The summed E-state index contributed by atoms with van der Waals surface area (Å²) in [6.07, 6.45) is 1.83. The van der Waals surface area contributed by atoms with E-state index in [2.05, 4.69) is 9.97 Å². The van der Waals surface area contributed by atoms with E-state index in [1.807, 2.05) is 60.0 Å². The fourth-order valence-electron chi connectivity index (χ4n) is 3.08. The Morgan fingerprint density at radius 2 is 1.86 bits per heavy atom. The molecule has 0 bridgehead atoms. The Morgan fingerprint density at radius 1 is 1.00 bits per heavy atom. The average Bonchev–Trinajstić information content (AvgIpc) is 3.33. The first-order valence-electron chi connectivity index (χ1n) is 8.74. The summed E-state index contributed by atoms with van der Waals surface area (Å²) < 4.78 is 11.3. The van der Waals surface area contributed by atoms with Crippen LogP contribution in [0.15, 0.2) is 76.7 Å². The van der Waals surface area contributed by atoms with Gasteiger partial charge in [-0.3, -0.25) is 9.78 Å². The van der Waals surface area contributed by atoms with Crippen LogP contribution in [-0.2, 0) is 11.2 Å². The van der Waals surface area contributed by atoms with Gasteiger partial charge in [0.05, 0.1) is 17.8 Å². The van der Waals surface area contributed by atoms with E-state index in [9.17, 15) is 4.79 Å². The minimum atomic E-state index is -0.356. The third-order valence-electron chi connectivity index (χ3n) is 4.34. The van der Waals surface area contributed by atoms with Gasteiger partial charge in [0.1, 0.15) is 21.9 Å². The van der Waals surface area contributed by atoms with Gasteiger partial charge in [-0.25, -0.2) is 4.98 Å². The number of carbonyl (C=O) groups excluding carboxylic acids is 1. The molecule has 0 fully saturated rings. The number of nitrogens with zero attached hydrogens (tertiary/aromatic N) is 2. The van der Waals surface area contributed by atoms with Crippen LogP contribution in [0, 0.1) is 0 Å². The predicted molar refractivity (Wildman–Crippen MR) is 108 cm³/mol. The minimum absolute atomic E-state index is 0.105. The monoisotopic (exact) mass is 386 g/mol. The molecule has 0 atom stereocenters. The number of pyridine rings is 1. The zero-order chi connectivity index (χ0) is 18.9. The largest absolute Gasteiger partial charge is 0.456 e. The molecule has 2 aromatic carbocycles. The lowest BCUT2D eigenvalue weighted by molar-refractivity contribution is -0.133. The Balaban J connectivity index is 1.34. The van der Waals surface area contributed by atoms with Crippen LogP contribution in [0.25, 0.3) is 32.6 Å². The molecule has 0 amide bonds. The molecule has 0 aliphatic carbocycles. The molecule has 0 spiro atoms. The van der Waals surface area contributed by atoms with Crippen molar-refractivity contribution < 1.29 is 13.9 Å². The second-order valence-corrected chi connectivity index (χ2v) is 7.12. The van der Waals surface area contributed by atoms with E-state index in [0.29, 0.717) is 11.4 Å². The summed E-state index contributed by atoms with van der Waals surface area (Å²) in [5.74, 6) is 0.134. The second kappa shape index (κ2) is 6.90. The molecule has 0 radical (unpaired) electrons. The lowest BCUT2D eigenvalue weighted by Gasteiger charge is -2.03. The van der Waals surface area contributed by atoms with Crippen LogP contribution >= 0.6 is 11.3 Å². The zero-order valence-corrected chi connectivity index (χ0v) is 15.5. The Kier molecular flexibility index (Phi) is 4.10. The number of carbonyl (C=O) groups is 1. The van der Waals surface area contributed by atoms with E-state index in [1.165, 1.54) is 11.3 Å².